The van der Waals surface area contributed by atoms with Crippen molar-refractivity contribution >= 4 is 10.0 Å². The fourth-order valence-electron chi connectivity index (χ4n) is 3.23. The van der Waals surface area contributed by atoms with Crippen LogP contribution in [0.5, 0.6) is 5.75 Å². The van der Waals surface area contributed by atoms with Crippen LogP contribution in [0.25, 0.3) is 16.9 Å². The number of halogens is 3. The van der Waals surface area contributed by atoms with E-state index in [-0.39, 0.29) is 33.2 Å². The topological polar surface area (TPSA) is 106 Å². The molecule has 172 valence electrons. The number of nitrogens with zero attached hydrogens (tertiary/aromatic N) is 2. The molecular formula is C20H20F3N3O5S. The van der Waals surface area contributed by atoms with Gasteiger partial charge in [-0.3, -0.25) is 0 Å². The van der Waals surface area contributed by atoms with Gasteiger partial charge in [0.05, 0.1) is 29.0 Å². The molecule has 3 rings (SSSR count). The smallest absolute Gasteiger partial charge is 0.282 e. The maximum Gasteiger partial charge on any atom is 0.282 e. The average Bonchev–Trinajstić information content (AvgIpc) is 3.15. The summed E-state index contributed by atoms with van der Waals surface area (Å²) in [5.74, 6) is -0.763. The molecule has 2 aromatic carbocycles. The molecule has 0 aliphatic rings. The van der Waals surface area contributed by atoms with Crippen LogP contribution in [-0.2, 0) is 19.5 Å². The molecule has 12 heteroatoms. The zero-order valence-electron chi connectivity index (χ0n) is 17.3. The van der Waals surface area contributed by atoms with Gasteiger partial charge in [-0.05, 0) is 42.5 Å². The van der Waals surface area contributed by atoms with Gasteiger partial charge in [-0.15, -0.1) is 0 Å². The molecule has 0 radical (unpaired) electrons. The minimum Gasteiger partial charge on any atom is -0.494 e. The Morgan fingerprint density at radius 3 is 2.12 bits per heavy atom. The van der Waals surface area contributed by atoms with Crippen LogP contribution in [0.2, 0.25) is 0 Å². The summed E-state index contributed by atoms with van der Waals surface area (Å²) in [7, 11) is -0.147. The Hall–Kier alpha value is -2.93. The maximum atomic E-state index is 14.5. The largest absolute Gasteiger partial charge is 0.494 e. The molecule has 0 unspecified atom stereocenters. The molecule has 0 saturated carbocycles. The van der Waals surface area contributed by atoms with Crippen molar-refractivity contribution in [2.24, 2.45) is 5.14 Å². The van der Waals surface area contributed by atoms with Gasteiger partial charge in [0.2, 0.25) is 10.0 Å². The molecule has 0 saturated heterocycles. The summed E-state index contributed by atoms with van der Waals surface area (Å²) in [6.45, 7) is 0. The van der Waals surface area contributed by atoms with Gasteiger partial charge in [-0.25, -0.2) is 31.4 Å². The number of rotatable bonds is 8. The van der Waals surface area contributed by atoms with Crippen molar-refractivity contribution in [1.29, 1.82) is 0 Å². The molecule has 3 aromatic rings. The van der Waals surface area contributed by atoms with E-state index < -0.39 is 34.2 Å². The van der Waals surface area contributed by atoms with Crippen LogP contribution >= 0.6 is 0 Å². The number of methoxy groups -OCH3 is 3. The van der Waals surface area contributed by atoms with Gasteiger partial charge in [-0.1, -0.05) is 0 Å². The van der Waals surface area contributed by atoms with E-state index in [1.165, 1.54) is 57.7 Å². The second-order valence-corrected chi connectivity index (χ2v) is 8.11. The fourth-order valence-corrected chi connectivity index (χ4v) is 3.74. The summed E-state index contributed by atoms with van der Waals surface area (Å²) in [5.41, 5.74) is -0.264. The highest BCUT2D eigenvalue weighted by atomic mass is 32.2. The van der Waals surface area contributed by atoms with E-state index in [1.54, 1.807) is 0 Å². The Balaban J connectivity index is 2.34. The Kier molecular flexibility index (Phi) is 6.88. The molecule has 0 aliphatic heterocycles. The fraction of sp³-hybridized carbons (Fsp3) is 0.250. The summed E-state index contributed by atoms with van der Waals surface area (Å²) < 4.78 is 81.9. The molecule has 1 aromatic heterocycles. The lowest BCUT2D eigenvalue weighted by molar-refractivity contribution is -0.107. The van der Waals surface area contributed by atoms with Crippen LogP contribution in [-0.4, -0.2) is 39.5 Å². The quantitative estimate of drug-likeness (QED) is 0.504. The first-order valence-electron chi connectivity index (χ1n) is 9.06. The molecule has 32 heavy (non-hydrogen) atoms. The van der Waals surface area contributed by atoms with Gasteiger partial charge in [0.1, 0.15) is 5.69 Å². The first kappa shape index (κ1) is 23.7. The van der Waals surface area contributed by atoms with Gasteiger partial charge >= 0.3 is 0 Å². The van der Waals surface area contributed by atoms with Crippen molar-refractivity contribution in [3.05, 3.63) is 59.5 Å². The van der Waals surface area contributed by atoms with E-state index in [0.717, 1.165) is 10.7 Å². The lowest BCUT2D eigenvalue weighted by Gasteiger charge is -2.17. The second kappa shape index (κ2) is 9.28. The summed E-state index contributed by atoms with van der Waals surface area (Å²) in [5, 5.41) is 9.13. The minimum atomic E-state index is -3.97. The van der Waals surface area contributed by atoms with Crippen molar-refractivity contribution < 1.29 is 35.8 Å². The van der Waals surface area contributed by atoms with Crippen LogP contribution in [0.4, 0.5) is 13.2 Å². The zero-order valence-corrected chi connectivity index (χ0v) is 18.1. The number of aromatic nitrogens is 2. The molecule has 0 fully saturated rings. The average molecular weight is 471 g/mol. The first-order valence-corrected chi connectivity index (χ1v) is 10.6. The summed E-state index contributed by atoms with van der Waals surface area (Å²) in [4.78, 5) is -0.175. The van der Waals surface area contributed by atoms with E-state index in [2.05, 4.69) is 5.10 Å². The Bertz CT molecular complexity index is 1210. The third-order valence-corrected chi connectivity index (χ3v) is 5.59. The van der Waals surface area contributed by atoms with Crippen molar-refractivity contribution in [1.82, 2.24) is 9.78 Å². The number of hydrogen-bond donors (Lipinski definition) is 1. The van der Waals surface area contributed by atoms with E-state index in [4.69, 9.17) is 19.3 Å². The van der Waals surface area contributed by atoms with Gasteiger partial charge in [0.15, 0.2) is 17.9 Å². The highest BCUT2D eigenvalue weighted by Crippen LogP contribution is 2.39. The molecule has 1 heterocycles. The van der Waals surface area contributed by atoms with Crippen molar-refractivity contribution in [3.8, 4) is 22.7 Å². The lowest BCUT2D eigenvalue weighted by atomic mass is 10.0. The SMILES string of the molecule is COc1ccc(-c2c(C(OC)OC)c(C(F)F)nn2-c2ccc(S(N)(=O)=O)cc2)cc1F. The Morgan fingerprint density at radius 2 is 1.66 bits per heavy atom. The molecule has 8 nitrogen and oxygen atoms in total. The molecule has 0 amide bonds. The predicted molar refractivity (Wildman–Crippen MR) is 109 cm³/mol. The predicted octanol–water partition coefficient (Wildman–Crippen LogP) is 3.56. The first-order chi connectivity index (χ1) is 15.1. The summed E-state index contributed by atoms with van der Waals surface area (Å²) >= 11 is 0. The van der Waals surface area contributed by atoms with Gasteiger partial charge < -0.3 is 14.2 Å². The van der Waals surface area contributed by atoms with Crippen molar-refractivity contribution in [2.45, 2.75) is 17.6 Å². The van der Waals surface area contributed by atoms with E-state index in [9.17, 15) is 21.6 Å². The molecule has 0 bridgehead atoms. The molecule has 0 aliphatic carbocycles. The molecule has 0 atom stereocenters. The number of hydrogen-bond acceptors (Lipinski definition) is 6. The number of benzene rings is 2. The maximum absolute atomic E-state index is 14.5. The molecule has 2 N–H and O–H groups in total. The number of primary sulfonamides is 1. The molecule has 0 spiro atoms. The lowest BCUT2D eigenvalue weighted by Crippen LogP contribution is -2.12. The van der Waals surface area contributed by atoms with Crippen LogP contribution < -0.4 is 9.88 Å². The normalized spacial score (nSPS) is 12.0. The monoisotopic (exact) mass is 471 g/mol. The molecular weight excluding hydrogens is 451 g/mol. The Morgan fingerprint density at radius 1 is 1.03 bits per heavy atom. The highest BCUT2D eigenvalue weighted by Gasteiger charge is 2.31. The van der Waals surface area contributed by atoms with Gasteiger partial charge in [0, 0.05) is 19.8 Å². The Labute approximate surface area is 182 Å². The number of sulfonamides is 1. The van der Waals surface area contributed by atoms with Gasteiger partial charge in [-0.2, -0.15) is 5.10 Å². The minimum absolute atomic E-state index is 0.0389. The number of nitrogens with two attached hydrogens (primary N) is 1. The third kappa shape index (κ3) is 4.48. The number of ether oxygens (including phenoxy) is 3. The standard InChI is InChI=1S/C20H20F3N3O5S/c1-29-15-9-4-11(10-14(15)21)18-16(20(30-2)31-3)17(19(22)23)25-26(18)12-5-7-13(8-6-12)32(24,27)28/h4-10,19-20H,1-3H3,(H2,24,27,28). The van der Waals surface area contributed by atoms with Gasteiger partial charge in [0.25, 0.3) is 6.43 Å². The van der Waals surface area contributed by atoms with E-state index in [1.807, 2.05) is 0 Å². The third-order valence-electron chi connectivity index (χ3n) is 4.66. The number of alkyl halides is 2. The highest BCUT2D eigenvalue weighted by molar-refractivity contribution is 7.89. The van der Waals surface area contributed by atoms with Crippen LogP contribution in [0.3, 0.4) is 0 Å². The van der Waals surface area contributed by atoms with Crippen LogP contribution in [0.15, 0.2) is 47.4 Å². The van der Waals surface area contributed by atoms with E-state index in [0.29, 0.717) is 0 Å². The van der Waals surface area contributed by atoms with Crippen LogP contribution in [0, 0.1) is 5.82 Å². The summed E-state index contributed by atoms with van der Waals surface area (Å²) in [6, 6.07) is 8.99. The van der Waals surface area contributed by atoms with Crippen LogP contribution in [0.1, 0.15) is 24.0 Å². The van der Waals surface area contributed by atoms with E-state index >= 15 is 0 Å². The van der Waals surface area contributed by atoms with Crippen molar-refractivity contribution in [2.75, 3.05) is 21.3 Å². The van der Waals surface area contributed by atoms with Crippen molar-refractivity contribution in [3.63, 3.8) is 0 Å². The summed E-state index contributed by atoms with van der Waals surface area (Å²) in [6.07, 6.45) is -4.25. The zero-order chi connectivity index (χ0) is 23.6. The second-order valence-electron chi connectivity index (χ2n) is 6.55.